The fourth-order valence-electron chi connectivity index (χ4n) is 4.89. The molecule has 7 nitrogen and oxygen atoms in total. The van der Waals surface area contributed by atoms with Crippen LogP contribution in [0.25, 0.3) is 0 Å². The Bertz CT molecular complexity index is 1460. The normalized spacial score (nSPS) is 18.9. The van der Waals surface area contributed by atoms with Gasteiger partial charge < -0.3 is 9.80 Å². The van der Waals surface area contributed by atoms with Crippen LogP contribution in [0.15, 0.2) is 36.4 Å². The number of nitrogens with zero attached hydrogens (tertiary/aromatic N) is 2. The van der Waals surface area contributed by atoms with Gasteiger partial charge in [0.05, 0.1) is 22.5 Å². The van der Waals surface area contributed by atoms with Crippen molar-refractivity contribution in [2.45, 2.75) is 63.5 Å². The monoisotopic (exact) mass is 638 g/mol. The van der Waals surface area contributed by atoms with Crippen LogP contribution in [0.5, 0.6) is 0 Å². The Morgan fingerprint density at radius 3 is 2.00 bits per heavy atom. The van der Waals surface area contributed by atoms with Crippen molar-refractivity contribution in [3.05, 3.63) is 53.3 Å². The number of amides is 3. The Hall–Kier alpha value is -3.82. The topological polar surface area (TPSA) is 81.8 Å². The van der Waals surface area contributed by atoms with Crippen LogP contribution in [-0.4, -0.2) is 49.1 Å². The SMILES string of the molecule is CN1C(=O)[C@H](NC(C)(C)C(=O)NC(=O)C2(C(F)(F)F)CC2)CN(c2cc(C(C)(F)F)cc(C(F)(F)F)c2)c2ccc(F)cc21. The Labute approximate surface area is 245 Å². The molecule has 44 heavy (non-hydrogen) atoms. The molecule has 1 saturated carbocycles. The maximum atomic E-state index is 14.3. The van der Waals surface area contributed by atoms with E-state index in [1.54, 1.807) is 5.32 Å². The van der Waals surface area contributed by atoms with E-state index in [0.717, 1.165) is 47.9 Å². The molecule has 2 aromatic rings. The number of hydrogen-bond acceptors (Lipinski definition) is 5. The highest BCUT2D eigenvalue weighted by Gasteiger charge is 2.69. The second-order valence-electron chi connectivity index (χ2n) is 11.5. The predicted molar refractivity (Wildman–Crippen MR) is 140 cm³/mol. The third-order valence-corrected chi connectivity index (χ3v) is 7.70. The highest BCUT2D eigenvalue weighted by atomic mass is 19.4. The molecule has 1 heterocycles. The Balaban J connectivity index is 1.75. The molecule has 0 saturated heterocycles. The van der Waals surface area contributed by atoms with Gasteiger partial charge in [0.1, 0.15) is 17.3 Å². The molecule has 0 unspecified atom stereocenters. The van der Waals surface area contributed by atoms with Crippen LogP contribution in [-0.2, 0) is 26.5 Å². The lowest BCUT2D eigenvalue weighted by Gasteiger charge is -2.33. The smallest absolute Gasteiger partial charge is 0.338 e. The number of benzene rings is 2. The maximum Gasteiger partial charge on any atom is 0.416 e. The summed E-state index contributed by atoms with van der Waals surface area (Å²) in [5, 5.41) is 4.35. The number of imide groups is 1. The molecule has 2 aromatic carbocycles. The van der Waals surface area contributed by atoms with Crippen molar-refractivity contribution in [2.75, 3.05) is 23.4 Å². The Morgan fingerprint density at radius 2 is 1.48 bits per heavy atom. The summed E-state index contributed by atoms with van der Waals surface area (Å²) < 4.78 is 124. The van der Waals surface area contributed by atoms with Crippen molar-refractivity contribution in [3.8, 4) is 0 Å². The number of hydrogen-bond donors (Lipinski definition) is 2. The summed E-state index contributed by atoms with van der Waals surface area (Å²) in [6, 6.07) is 3.05. The maximum absolute atomic E-state index is 14.3. The standard InChI is InChI=1S/C28H27F9N4O3/c1-24(2,22(43)38-23(44)26(7-8-26)28(35,36)37)39-18-13-41(19-6-5-16(29)12-20(19)40(4)21(18)42)17-10-14(25(3,30)31)9-15(11-17)27(32,33)34/h5-6,9-12,18,39H,7-8,13H2,1-4H3,(H,38,43,44)/t18-/m1/s1. The van der Waals surface area contributed by atoms with E-state index in [0.29, 0.717) is 13.0 Å². The molecule has 4 rings (SSSR count). The molecule has 0 spiro atoms. The van der Waals surface area contributed by atoms with Gasteiger partial charge in [0, 0.05) is 31.8 Å². The molecule has 0 radical (unpaired) electrons. The minimum absolute atomic E-state index is 0.0467. The van der Waals surface area contributed by atoms with E-state index in [9.17, 15) is 53.9 Å². The average molecular weight is 639 g/mol. The van der Waals surface area contributed by atoms with Crippen LogP contribution < -0.4 is 20.4 Å². The quantitative estimate of drug-likeness (QED) is 0.392. The number of rotatable bonds is 6. The van der Waals surface area contributed by atoms with E-state index in [4.69, 9.17) is 0 Å². The number of halogens is 9. The van der Waals surface area contributed by atoms with E-state index >= 15 is 0 Å². The zero-order chi connectivity index (χ0) is 33.2. The molecule has 1 atom stereocenters. The number of anilines is 3. The summed E-state index contributed by atoms with van der Waals surface area (Å²) in [5.41, 5.74) is -7.73. The Morgan fingerprint density at radius 1 is 0.886 bits per heavy atom. The zero-order valence-corrected chi connectivity index (χ0v) is 23.7. The summed E-state index contributed by atoms with van der Waals surface area (Å²) in [6.07, 6.45) is -11.0. The van der Waals surface area contributed by atoms with E-state index in [1.807, 2.05) is 0 Å². The van der Waals surface area contributed by atoms with Gasteiger partial charge in [-0.1, -0.05) is 0 Å². The zero-order valence-electron chi connectivity index (χ0n) is 23.7. The van der Waals surface area contributed by atoms with Gasteiger partial charge >= 0.3 is 12.4 Å². The average Bonchev–Trinajstić information content (AvgIpc) is 3.72. The molecule has 3 amide bonds. The third-order valence-electron chi connectivity index (χ3n) is 7.70. The number of nitrogens with one attached hydrogen (secondary N) is 2. The first-order valence-electron chi connectivity index (χ1n) is 13.1. The van der Waals surface area contributed by atoms with Crippen LogP contribution >= 0.6 is 0 Å². The van der Waals surface area contributed by atoms with Gasteiger partial charge in [0.15, 0.2) is 0 Å². The summed E-state index contributed by atoms with van der Waals surface area (Å²) in [5.74, 6) is -8.22. The van der Waals surface area contributed by atoms with Gasteiger partial charge in [-0.3, -0.25) is 25.0 Å². The number of likely N-dealkylation sites (N-methyl/N-ethyl adjacent to an activating group) is 1. The summed E-state index contributed by atoms with van der Waals surface area (Å²) in [6.45, 7) is 2.10. The fourth-order valence-corrected chi connectivity index (χ4v) is 4.89. The van der Waals surface area contributed by atoms with Gasteiger partial charge in [-0.15, -0.1) is 0 Å². The number of carbonyl (C=O) groups is 3. The van der Waals surface area contributed by atoms with Gasteiger partial charge in [0.25, 0.3) is 5.92 Å². The first kappa shape index (κ1) is 33.1. The van der Waals surface area contributed by atoms with E-state index in [-0.39, 0.29) is 17.4 Å². The first-order valence-corrected chi connectivity index (χ1v) is 13.1. The molecule has 0 aromatic heterocycles. The van der Waals surface area contributed by atoms with E-state index in [2.05, 4.69) is 5.32 Å². The van der Waals surface area contributed by atoms with E-state index < -0.39 is 95.0 Å². The molecule has 1 aliphatic heterocycles. The highest BCUT2D eigenvalue weighted by Crippen LogP contribution is 2.57. The van der Waals surface area contributed by atoms with Crippen LogP contribution in [0.1, 0.15) is 44.7 Å². The first-order chi connectivity index (χ1) is 20.0. The van der Waals surface area contributed by atoms with Gasteiger partial charge in [-0.2, -0.15) is 26.3 Å². The molecular formula is C28H27F9N4O3. The predicted octanol–water partition coefficient (Wildman–Crippen LogP) is 5.79. The second kappa shape index (κ2) is 10.7. The molecule has 1 fully saturated rings. The molecule has 2 aliphatic rings. The van der Waals surface area contributed by atoms with Crippen molar-refractivity contribution >= 4 is 34.8 Å². The summed E-state index contributed by atoms with van der Waals surface area (Å²) >= 11 is 0. The van der Waals surface area contributed by atoms with Crippen molar-refractivity contribution in [3.63, 3.8) is 0 Å². The lowest BCUT2D eigenvalue weighted by molar-refractivity contribution is -0.192. The van der Waals surface area contributed by atoms with Crippen molar-refractivity contribution < 1.29 is 53.9 Å². The van der Waals surface area contributed by atoms with Crippen molar-refractivity contribution in [1.29, 1.82) is 0 Å². The number of fused-ring (bicyclic) bond motifs is 1. The highest BCUT2D eigenvalue weighted by molar-refractivity contribution is 6.05. The minimum atomic E-state index is -5.06. The summed E-state index contributed by atoms with van der Waals surface area (Å²) in [4.78, 5) is 40.9. The van der Waals surface area contributed by atoms with Gasteiger partial charge in [-0.25, -0.2) is 13.2 Å². The second-order valence-corrected chi connectivity index (χ2v) is 11.5. The lowest BCUT2D eigenvalue weighted by Crippen LogP contribution is -2.62. The molecule has 0 bridgehead atoms. The fraction of sp³-hybridized carbons (Fsp3) is 0.464. The molecule has 1 aliphatic carbocycles. The number of carbonyl (C=O) groups excluding carboxylic acids is 3. The molecule has 240 valence electrons. The van der Waals surface area contributed by atoms with Gasteiger partial charge in [0.2, 0.25) is 17.7 Å². The van der Waals surface area contributed by atoms with Crippen molar-refractivity contribution in [1.82, 2.24) is 10.6 Å². The lowest BCUT2D eigenvalue weighted by atomic mass is 9.99. The number of alkyl halides is 8. The molecular weight excluding hydrogens is 611 g/mol. The molecule has 2 N–H and O–H groups in total. The minimum Gasteiger partial charge on any atom is -0.338 e. The third kappa shape index (κ3) is 6.21. The van der Waals surface area contributed by atoms with Crippen molar-refractivity contribution in [2.24, 2.45) is 5.41 Å². The van der Waals surface area contributed by atoms with E-state index in [1.165, 1.54) is 7.05 Å². The molecule has 16 heteroatoms. The van der Waals surface area contributed by atoms with Crippen LogP contribution in [0, 0.1) is 11.2 Å². The van der Waals surface area contributed by atoms with Gasteiger partial charge in [-0.05, 0) is 63.1 Å². The van der Waals surface area contributed by atoms with Crippen LogP contribution in [0.3, 0.4) is 0 Å². The largest absolute Gasteiger partial charge is 0.416 e. The van der Waals surface area contributed by atoms with Crippen LogP contribution in [0.2, 0.25) is 0 Å². The van der Waals surface area contributed by atoms with Crippen LogP contribution in [0.4, 0.5) is 56.6 Å². The summed E-state index contributed by atoms with van der Waals surface area (Å²) in [7, 11) is 1.20. The Kier molecular flexibility index (Phi) is 8.02.